The van der Waals surface area contributed by atoms with Crippen LogP contribution < -0.4 is 10.6 Å². The third-order valence-corrected chi connectivity index (χ3v) is 4.54. The molecule has 0 bridgehead atoms. The SMILES string of the molecule is CC(Sc1ccc(Br)cc1)C(=O)NC1CCNC1. The van der Waals surface area contributed by atoms with E-state index in [9.17, 15) is 4.79 Å². The molecule has 5 heteroatoms. The van der Waals surface area contributed by atoms with Crippen LogP contribution in [0.25, 0.3) is 0 Å². The van der Waals surface area contributed by atoms with Crippen LogP contribution in [-0.4, -0.2) is 30.3 Å². The molecule has 18 heavy (non-hydrogen) atoms. The van der Waals surface area contributed by atoms with Gasteiger partial charge in [-0.1, -0.05) is 15.9 Å². The van der Waals surface area contributed by atoms with Crippen molar-refractivity contribution in [3.05, 3.63) is 28.7 Å². The van der Waals surface area contributed by atoms with Crippen LogP contribution in [0.3, 0.4) is 0 Å². The van der Waals surface area contributed by atoms with Crippen molar-refractivity contribution < 1.29 is 4.79 Å². The Hall–Kier alpha value is -0.520. The van der Waals surface area contributed by atoms with Crippen molar-refractivity contribution in [3.8, 4) is 0 Å². The molecule has 0 aliphatic carbocycles. The van der Waals surface area contributed by atoms with E-state index in [4.69, 9.17) is 0 Å². The van der Waals surface area contributed by atoms with Gasteiger partial charge in [0.15, 0.2) is 0 Å². The zero-order valence-corrected chi connectivity index (χ0v) is 12.7. The fourth-order valence-corrected chi connectivity index (χ4v) is 3.01. The Morgan fingerprint density at radius 1 is 1.50 bits per heavy atom. The van der Waals surface area contributed by atoms with Gasteiger partial charge in [-0.2, -0.15) is 0 Å². The van der Waals surface area contributed by atoms with Gasteiger partial charge in [0.05, 0.1) is 5.25 Å². The van der Waals surface area contributed by atoms with Crippen molar-refractivity contribution in [1.29, 1.82) is 0 Å². The van der Waals surface area contributed by atoms with Crippen LogP contribution in [0, 0.1) is 0 Å². The molecular weight excluding hydrogens is 312 g/mol. The molecule has 1 aromatic rings. The molecule has 3 nitrogen and oxygen atoms in total. The normalized spacial score (nSPS) is 20.7. The molecule has 1 fully saturated rings. The van der Waals surface area contributed by atoms with Crippen LogP contribution in [0.5, 0.6) is 0 Å². The fourth-order valence-electron chi connectivity index (χ4n) is 1.87. The fraction of sp³-hybridized carbons (Fsp3) is 0.462. The van der Waals surface area contributed by atoms with Crippen LogP contribution in [-0.2, 0) is 4.79 Å². The number of nitrogens with one attached hydrogen (secondary N) is 2. The summed E-state index contributed by atoms with van der Waals surface area (Å²) in [5.41, 5.74) is 0. The first-order valence-electron chi connectivity index (χ1n) is 6.08. The van der Waals surface area contributed by atoms with E-state index < -0.39 is 0 Å². The third kappa shape index (κ3) is 4.00. The lowest BCUT2D eigenvalue weighted by molar-refractivity contribution is -0.120. The Balaban J connectivity index is 1.84. The maximum atomic E-state index is 12.0. The van der Waals surface area contributed by atoms with Gasteiger partial charge in [0, 0.05) is 22.0 Å². The summed E-state index contributed by atoms with van der Waals surface area (Å²) in [6, 6.07) is 8.33. The minimum Gasteiger partial charge on any atom is -0.351 e. The van der Waals surface area contributed by atoms with Gasteiger partial charge in [0.25, 0.3) is 0 Å². The van der Waals surface area contributed by atoms with Gasteiger partial charge in [-0.15, -0.1) is 11.8 Å². The number of hydrogen-bond donors (Lipinski definition) is 2. The lowest BCUT2D eigenvalue weighted by Crippen LogP contribution is -2.40. The molecule has 0 saturated carbocycles. The number of halogens is 1. The van der Waals surface area contributed by atoms with Crippen molar-refractivity contribution in [1.82, 2.24) is 10.6 Å². The molecule has 2 N–H and O–H groups in total. The first kappa shape index (κ1) is 13.9. The summed E-state index contributed by atoms with van der Waals surface area (Å²) in [4.78, 5) is 13.1. The highest BCUT2D eigenvalue weighted by Gasteiger charge is 2.20. The van der Waals surface area contributed by atoms with Gasteiger partial charge in [-0.05, 0) is 44.2 Å². The first-order valence-corrected chi connectivity index (χ1v) is 7.76. The van der Waals surface area contributed by atoms with Crippen LogP contribution >= 0.6 is 27.7 Å². The molecule has 0 aromatic heterocycles. The van der Waals surface area contributed by atoms with E-state index in [-0.39, 0.29) is 11.2 Å². The Kier molecular flexibility index (Phi) is 5.09. The molecule has 1 aromatic carbocycles. The predicted octanol–water partition coefficient (Wildman–Crippen LogP) is 2.41. The van der Waals surface area contributed by atoms with Crippen molar-refractivity contribution >= 4 is 33.6 Å². The number of rotatable bonds is 4. The molecule has 98 valence electrons. The molecule has 1 heterocycles. The second-order valence-electron chi connectivity index (χ2n) is 4.41. The number of hydrogen-bond acceptors (Lipinski definition) is 3. The number of carbonyl (C=O) groups is 1. The van der Waals surface area contributed by atoms with Gasteiger partial charge >= 0.3 is 0 Å². The summed E-state index contributed by atoms with van der Waals surface area (Å²) < 4.78 is 1.06. The van der Waals surface area contributed by atoms with Crippen LogP contribution in [0.15, 0.2) is 33.6 Å². The molecule has 1 aliphatic rings. The van der Waals surface area contributed by atoms with Crippen molar-refractivity contribution in [3.63, 3.8) is 0 Å². The second kappa shape index (κ2) is 6.59. The zero-order chi connectivity index (χ0) is 13.0. The zero-order valence-electron chi connectivity index (χ0n) is 10.3. The highest BCUT2D eigenvalue weighted by atomic mass is 79.9. The lowest BCUT2D eigenvalue weighted by atomic mass is 10.2. The minimum atomic E-state index is -0.0632. The highest BCUT2D eigenvalue weighted by Crippen LogP contribution is 2.25. The monoisotopic (exact) mass is 328 g/mol. The first-order chi connectivity index (χ1) is 8.65. The van der Waals surface area contributed by atoms with Crippen molar-refractivity contribution in [2.75, 3.05) is 13.1 Å². The maximum Gasteiger partial charge on any atom is 0.233 e. The van der Waals surface area contributed by atoms with E-state index in [1.54, 1.807) is 11.8 Å². The van der Waals surface area contributed by atoms with E-state index in [0.717, 1.165) is 28.9 Å². The van der Waals surface area contributed by atoms with E-state index in [1.807, 2.05) is 31.2 Å². The molecule has 1 saturated heterocycles. The number of carbonyl (C=O) groups excluding carboxylic acids is 1. The molecule has 1 amide bonds. The Morgan fingerprint density at radius 2 is 2.22 bits per heavy atom. The standard InChI is InChI=1S/C13H17BrN2OS/c1-9(13(17)16-11-6-7-15-8-11)18-12-4-2-10(14)3-5-12/h2-5,9,11,15H,6-8H2,1H3,(H,16,17). The molecular formula is C13H17BrN2OS. The molecule has 2 rings (SSSR count). The molecule has 2 unspecified atom stereocenters. The average molecular weight is 329 g/mol. The molecule has 1 aliphatic heterocycles. The van der Waals surface area contributed by atoms with E-state index in [2.05, 4.69) is 26.6 Å². The largest absolute Gasteiger partial charge is 0.351 e. The summed E-state index contributed by atoms with van der Waals surface area (Å²) in [6.45, 7) is 3.84. The topological polar surface area (TPSA) is 41.1 Å². The molecule has 0 spiro atoms. The second-order valence-corrected chi connectivity index (χ2v) is 6.74. The minimum absolute atomic E-state index is 0.0632. The van der Waals surface area contributed by atoms with E-state index in [0.29, 0.717) is 6.04 Å². The number of benzene rings is 1. The Labute approximate surface area is 120 Å². The average Bonchev–Trinajstić information content (AvgIpc) is 2.85. The predicted molar refractivity (Wildman–Crippen MR) is 78.9 cm³/mol. The lowest BCUT2D eigenvalue weighted by Gasteiger charge is -2.15. The van der Waals surface area contributed by atoms with E-state index >= 15 is 0 Å². The van der Waals surface area contributed by atoms with Crippen LogP contribution in [0.1, 0.15) is 13.3 Å². The summed E-state index contributed by atoms with van der Waals surface area (Å²) >= 11 is 4.99. The highest BCUT2D eigenvalue weighted by molar-refractivity contribution is 9.10. The summed E-state index contributed by atoms with van der Waals surface area (Å²) in [6.07, 6.45) is 1.03. The summed E-state index contributed by atoms with van der Waals surface area (Å²) in [5, 5.41) is 6.26. The number of thioether (sulfide) groups is 1. The van der Waals surface area contributed by atoms with Gasteiger partial charge < -0.3 is 10.6 Å². The maximum absolute atomic E-state index is 12.0. The van der Waals surface area contributed by atoms with Crippen molar-refractivity contribution in [2.24, 2.45) is 0 Å². The van der Waals surface area contributed by atoms with Gasteiger partial charge in [0.1, 0.15) is 0 Å². The smallest absolute Gasteiger partial charge is 0.233 e. The number of amides is 1. The van der Waals surface area contributed by atoms with Gasteiger partial charge in [-0.25, -0.2) is 0 Å². The van der Waals surface area contributed by atoms with E-state index in [1.165, 1.54) is 0 Å². The Morgan fingerprint density at radius 3 is 2.83 bits per heavy atom. The van der Waals surface area contributed by atoms with Gasteiger partial charge in [-0.3, -0.25) is 4.79 Å². The summed E-state index contributed by atoms with van der Waals surface area (Å²) in [5.74, 6) is 0.122. The molecule has 2 atom stereocenters. The van der Waals surface area contributed by atoms with Crippen LogP contribution in [0.4, 0.5) is 0 Å². The molecule has 0 radical (unpaired) electrons. The third-order valence-electron chi connectivity index (χ3n) is 2.90. The van der Waals surface area contributed by atoms with Crippen molar-refractivity contribution in [2.45, 2.75) is 29.5 Å². The quantitative estimate of drug-likeness (QED) is 0.834. The summed E-state index contributed by atoms with van der Waals surface area (Å²) in [7, 11) is 0. The Bertz CT molecular complexity index is 404. The van der Waals surface area contributed by atoms with Crippen LogP contribution in [0.2, 0.25) is 0 Å². The van der Waals surface area contributed by atoms with Gasteiger partial charge in [0.2, 0.25) is 5.91 Å².